The Labute approximate surface area is 199 Å². The third kappa shape index (κ3) is 5.96. The molecule has 1 saturated heterocycles. The van der Waals surface area contributed by atoms with Crippen LogP contribution in [0.25, 0.3) is 0 Å². The quantitative estimate of drug-likeness (QED) is 0.288. The van der Waals surface area contributed by atoms with Crippen molar-refractivity contribution in [2.45, 2.75) is 12.8 Å². The Morgan fingerprint density at radius 3 is 2.00 bits per heavy atom. The lowest BCUT2D eigenvalue weighted by Gasteiger charge is -2.36. The van der Waals surface area contributed by atoms with Crippen LogP contribution in [-0.2, 0) is 0 Å². The van der Waals surface area contributed by atoms with Gasteiger partial charge in [-0.3, -0.25) is 4.90 Å². The van der Waals surface area contributed by atoms with Gasteiger partial charge in [-0.05, 0) is 30.0 Å². The van der Waals surface area contributed by atoms with Crippen LogP contribution in [-0.4, -0.2) is 69.4 Å². The maximum absolute atomic E-state index is 9.97. The number of anilines is 1. The molecule has 2 N–H and O–H groups in total. The van der Waals surface area contributed by atoms with Crippen LogP contribution < -0.4 is 4.90 Å². The average Bonchev–Trinajstić information content (AvgIpc) is 2.91. The maximum Gasteiger partial charge on any atom is 0.225 e. The number of rotatable bonds is 9. The van der Waals surface area contributed by atoms with Gasteiger partial charge in [-0.2, -0.15) is 0 Å². The summed E-state index contributed by atoms with van der Waals surface area (Å²) in [6.07, 6.45) is 4.78. The summed E-state index contributed by atoms with van der Waals surface area (Å²) >= 11 is 0. The van der Waals surface area contributed by atoms with Crippen LogP contribution in [0, 0.1) is 5.92 Å². The molecule has 1 aliphatic heterocycles. The molecule has 2 aromatic carbocycles. The minimum atomic E-state index is -0.0348. The fourth-order valence-electron chi connectivity index (χ4n) is 4.39. The normalized spacial score (nSPS) is 16.4. The van der Waals surface area contributed by atoms with Crippen LogP contribution in [0.5, 0.6) is 0 Å². The summed E-state index contributed by atoms with van der Waals surface area (Å²) < 4.78 is 0. The molecule has 3 aromatic rings. The molecule has 1 aliphatic rings. The molecule has 8 nitrogen and oxygen atoms in total. The molecule has 0 radical (unpaired) electrons. The third-order valence-corrected chi connectivity index (χ3v) is 6.21. The van der Waals surface area contributed by atoms with Crippen molar-refractivity contribution in [3.63, 3.8) is 0 Å². The number of benzene rings is 2. The van der Waals surface area contributed by atoms with Gasteiger partial charge >= 0.3 is 0 Å². The molecule has 1 unspecified atom stereocenters. The van der Waals surface area contributed by atoms with Crippen molar-refractivity contribution in [1.29, 1.82) is 0 Å². The van der Waals surface area contributed by atoms with Crippen molar-refractivity contribution in [3.8, 4) is 0 Å². The highest BCUT2D eigenvalue weighted by atomic mass is 16.4. The first kappa shape index (κ1) is 23.4. The minimum Gasteiger partial charge on any atom is -0.411 e. The Kier molecular flexibility index (Phi) is 8.18. The van der Waals surface area contributed by atoms with E-state index >= 15 is 0 Å². The number of oxime groups is 2. The van der Waals surface area contributed by atoms with E-state index in [0.717, 1.165) is 49.8 Å². The van der Waals surface area contributed by atoms with E-state index in [1.54, 1.807) is 12.4 Å². The van der Waals surface area contributed by atoms with E-state index in [-0.39, 0.29) is 5.92 Å². The Morgan fingerprint density at radius 2 is 1.41 bits per heavy atom. The summed E-state index contributed by atoms with van der Waals surface area (Å²) in [4.78, 5) is 13.3. The molecule has 0 saturated carbocycles. The second kappa shape index (κ2) is 11.9. The SMILES string of the molecule is ON=C(CCC(CN1CCN(c2ncccn2)CC1)C(=NO)c1ccccc1)c1ccccc1. The highest BCUT2D eigenvalue weighted by Crippen LogP contribution is 2.21. The average molecular weight is 459 g/mol. The molecule has 1 fully saturated rings. The molecule has 8 heteroatoms. The first-order valence-electron chi connectivity index (χ1n) is 11.6. The Bertz CT molecular complexity index is 1070. The second-order valence-electron chi connectivity index (χ2n) is 8.34. The van der Waals surface area contributed by atoms with Gasteiger partial charge in [0, 0.05) is 51.0 Å². The van der Waals surface area contributed by atoms with Gasteiger partial charge in [0.25, 0.3) is 0 Å². The van der Waals surface area contributed by atoms with Gasteiger partial charge in [-0.25, -0.2) is 9.97 Å². The summed E-state index contributed by atoms with van der Waals surface area (Å²) in [6.45, 7) is 4.14. The molecule has 0 amide bonds. The Hall–Kier alpha value is -3.78. The molecule has 1 aromatic heterocycles. The fourth-order valence-corrected chi connectivity index (χ4v) is 4.39. The molecular formula is C26H30N6O2. The smallest absolute Gasteiger partial charge is 0.225 e. The van der Waals surface area contributed by atoms with Crippen LogP contribution in [0.2, 0.25) is 0 Å². The van der Waals surface area contributed by atoms with Crippen LogP contribution >= 0.6 is 0 Å². The predicted molar refractivity (Wildman–Crippen MR) is 133 cm³/mol. The highest BCUT2D eigenvalue weighted by Gasteiger charge is 2.26. The first-order chi connectivity index (χ1) is 16.8. The van der Waals surface area contributed by atoms with Gasteiger partial charge < -0.3 is 15.3 Å². The lowest BCUT2D eigenvalue weighted by molar-refractivity contribution is 0.232. The zero-order valence-corrected chi connectivity index (χ0v) is 19.1. The van der Waals surface area contributed by atoms with Crippen molar-refractivity contribution in [2.24, 2.45) is 16.2 Å². The monoisotopic (exact) mass is 458 g/mol. The second-order valence-corrected chi connectivity index (χ2v) is 8.34. The Balaban J connectivity index is 1.46. The number of nitrogens with zero attached hydrogens (tertiary/aromatic N) is 6. The van der Waals surface area contributed by atoms with E-state index in [0.29, 0.717) is 24.3 Å². The van der Waals surface area contributed by atoms with Crippen LogP contribution in [0.1, 0.15) is 24.0 Å². The van der Waals surface area contributed by atoms with E-state index in [2.05, 4.69) is 30.1 Å². The van der Waals surface area contributed by atoms with Gasteiger partial charge in [0.15, 0.2) is 0 Å². The largest absolute Gasteiger partial charge is 0.411 e. The standard InChI is InChI=1S/C26H30N6O2/c33-29-24(21-8-3-1-4-9-21)13-12-23(25(30-34)22-10-5-2-6-11-22)20-31-16-18-32(19-17-31)26-27-14-7-15-28-26/h1-11,14-15,23,33-34H,12-13,16-20H2. The van der Waals surface area contributed by atoms with Crippen molar-refractivity contribution < 1.29 is 10.4 Å². The molecule has 176 valence electrons. The fraction of sp³-hybridized carbons (Fsp3) is 0.308. The predicted octanol–water partition coefficient (Wildman–Crippen LogP) is 3.75. The summed E-state index contributed by atoms with van der Waals surface area (Å²) in [5.41, 5.74) is 3.07. The van der Waals surface area contributed by atoms with E-state index in [1.807, 2.05) is 66.7 Å². The zero-order chi connectivity index (χ0) is 23.6. The molecule has 0 spiro atoms. The van der Waals surface area contributed by atoms with Crippen LogP contribution in [0.4, 0.5) is 5.95 Å². The first-order valence-corrected chi connectivity index (χ1v) is 11.6. The van der Waals surface area contributed by atoms with Gasteiger partial charge in [0.1, 0.15) is 0 Å². The number of hydrogen-bond donors (Lipinski definition) is 2. The maximum atomic E-state index is 9.97. The van der Waals surface area contributed by atoms with E-state index < -0.39 is 0 Å². The van der Waals surface area contributed by atoms with Gasteiger partial charge in [0.2, 0.25) is 5.95 Å². The van der Waals surface area contributed by atoms with E-state index in [9.17, 15) is 10.4 Å². The molecular weight excluding hydrogens is 428 g/mol. The highest BCUT2D eigenvalue weighted by molar-refractivity contribution is 6.03. The van der Waals surface area contributed by atoms with Crippen LogP contribution in [0.15, 0.2) is 89.4 Å². The zero-order valence-electron chi connectivity index (χ0n) is 19.1. The molecule has 0 bridgehead atoms. The summed E-state index contributed by atoms with van der Waals surface area (Å²) in [5, 5.41) is 26.9. The summed E-state index contributed by atoms with van der Waals surface area (Å²) in [5.74, 6) is 0.722. The van der Waals surface area contributed by atoms with Crippen molar-refractivity contribution in [1.82, 2.24) is 14.9 Å². The van der Waals surface area contributed by atoms with Crippen molar-refractivity contribution >= 4 is 17.4 Å². The van der Waals surface area contributed by atoms with Gasteiger partial charge in [-0.1, -0.05) is 71.0 Å². The minimum absolute atomic E-state index is 0.0348. The topological polar surface area (TPSA) is 97.4 Å². The third-order valence-electron chi connectivity index (χ3n) is 6.21. The lowest BCUT2D eigenvalue weighted by atomic mass is 9.89. The van der Waals surface area contributed by atoms with Crippen LogP contribution in [0.3, 0.4) is 0 Å². The van der Waals surface area contributed by atoms with Gasteiger partial charge in [-0.15, -0.1) is 0 Å². The van der Waals surface area contributed by atoms with E-state index in [1.165, 1.54) is 0 Å². The lowest BCUT2D eigenvalue weighted by Crippen LogP contribution is -2.49. The molecule has 2 heterocycles. The summed E-state index contributed by atoms with van der Waals surface area (Å²) in [7, 11) is 0. The van der Waals surface area contributed by atoms with Crippen molar-refractivity contribution in [3.05, 3.63) is 90.3 Å². The number of hydrogen-bond acceptors (Lipinski definition) is 8. The summed E-state index contributed by atoms with van der Waals surface area (Å²) in [6, 6.07) is 21.3. The van der Waals surface area contributed by atoms with E-state index in [4.69, 9.17) is 0 Å². The molecule has 1 atom stereocenters. The van der Waals surface area contributed by atoms with Gasteiger partial charge in [0.05, 0.1) is 11.4 Å². The van der Waals surface area contributed by atoms with Crippen molar-refractivity contribution in [2.75, 3.05) is 37.6 Å². The molecule has 34 heavy (non-hydrogen) atoms. The molecule has 0 aliphatic carbocycles. The Morgan fingerprint density at radius 1 is 0.794 bits per heavy atom. The molecule has 4 rings (SSSR count). The number of piperazine rings is 1. The number of aromatic nitrogens is 2.